The summed E-state index contributed by atoms with van der Waals surface area (Å²) in [5.74, 6) is 0.365. The third kappa shape index (κ3) is 4.89. The number of thioether (sulfide) groups is 1. The summed E-state index contributed by atoms with van der Waals surface area (Å²) in [6.45, 7) is 1.92. The van der Waals surface area contributed by atoms with E-state index in [1.54, 1.807) is 24.3 Å². The molecule has 6 heteroatoms. The second kappa shape index (κ2) is 8.00. The second-order valence-electron chi connectivity index (χ2n) is 4.94. The minimum atomic E-state index is -0.851. The van der Waals surface area contributed by atoms with Crippen molar-refractivity contribution in [1.82, 2.24) is 5.32 Å². The van der Waals surface area contributed by atoms with Crippen LogP contribution < -0.4 is 5.32 Å². The molecule has 2 rings (SSSR count). The van der Waals surface area contributed by atoms with Crippen LogP contribution in [0.2, 0.25) is 0 Å². The van der Waals surface area contributed by atoms with Gasteiger partial charge in [0, 0.05) is 16.6 Å². The van der Waals surface area contributed by atoms with Crippen molar-refractivity contribution in [3.63, 3.8) is 0 Å². The number of carbonyl (C=O) groups excluding carboxylic acids is 1. The first-order chi connectivity index (χ1) is 10.6. The minimum absolute atomic E-state index is 0.109. The molecular weight excluding hydrogens is 305 g/mol. The highest BCUT2D eigenvalue weighted by molar-refractivity contribution is 7.99. The molecule has 2 aromatic rings. The Morgan fingerprint density at radius 2 is 2.09 bits per heavy atom. The standard InChI is InChI=1S/C16H18FNO3S/c1-11(10-22-13-6-4-12(17)5-7-13)16(20)18-9-14(19)15-3-2-8-21-15/h2-8,11,14,19H,9-10H2,1H3,(H,18,20). The number of halogens is 1. The van der Waals surface area contributed by atoms with Gasteiger partial charge in [0.2, 0.25) is 5.91 Å². The quantitative estimate of drug-likeness (QED) is 0.769. The highest BCUT2D eigenvalue weighted by Crippen LogP contribution is 2.21. The Morgan fingerprint density at radius 1 is 1.36 bits per heavy atom. The van der Waals surface area contributed by atoms with Crippen molar-refractivity contribution in [3.05, 3.63) is 54.2 Å². The molecule has 118 valence electrons. The predicted octanol–water partition coefficient (Wildman–Crippen LogP) is 3.00. The summed E-state index contributed by atoms with van der Waals surface area (Å²) < 4.78 is 17.9. The van der Waals surface area contributed by atoms with E-state index in [0.717, 1.165) is 4.90 Å². The van der Waals surface area contributed by atoms with E-state index in [-0.39, 0.29) is 24.2 Å². The summed E-state index contributed by atoms with van der Waals surface area (Å²) >= 11 is 1.49. The fourth-order valence-electron chi connectivity index (χ4n) is 1.78. The summed E-state index contributed by atoms with van der Waals surface area (Å²) in [5, 5.41) is 12.5. The van der Waals surface area contributed by atoms with Crippen molar-refractivity contribution in [2.24, 2.45) is 5.92 Å². The van der Waals surface area contributed by atoms with Crippen molar-refractivity contribution in [2.75, 3.05) is 12.3 Å². The second-order valence-corrected chi connectivity index (χ2v) is 6.04. The van der Waals surface area contributed by atoms with Crippen molar-refractivity contribution >= 4 is 17.7 Å². The number of hydrogen-bond donors (Lipinski definition) is 2. The predicted molar refractivity (Wildman–Crippen MR) is 83.0 cm³/mol. The average molecular weight is 323 g/mol. The molecule has 0 aliphatic rings. The van der Waals surface area contributed by atoms with E-state index in [2.05, 4.69) is 5.32 Å². The first-order valence-corrected chi connectivity index (χ1v) is 7.92. The summed E-state index contributed by atoms with van der Waals surface area (Å²) in [7, 11) is 0. The van der Waals surface area contributed by atoms with Crippen LogP contribution in [0.1, 0.15) is 18.8 Å². The highest BCUT2D eigenvalue weighted by atomic mass is 32.2. The van der Waals surface area contributed by atoms with Gasteiger partial charge in [0.1, 0.15) is 17.7 Å². The lowest BCUT2D eigenvalue weighted by molar-refractivity contribution is -0.124. The van der Waals surface area contributed by atoms with Gasteiger partial charge in [-0.2, -0.15) is 0 Å². The van der Waals surface area contributed by atoms with Gasteiger partial charge in [-0.3, -0.25) is 4.79 Å². The summed E-state index contributed by atoms with van der Waals surface area (Å²) in [5.41, 5.74) is 0. The molecular formula is C16H18FNO3S. The van der Waals surface area contributed by atoms with Gasteiger partial charge in [-0.15, -0.1) is 11.8 Å². The number of benzene rings is 1. The zero-order valence-electron chi connectivity index (χ0n) is 12.2. The molecule has 1 aromatic heterocycles. The number of hydrogen-bond acceptors (Lipinski definition) is 4. The van der Waals surface area contributed by atoms with Crippen molar-refractivity contribution in [1.29, 1.82) is 0 Å². The Labute approximate surface area is 132 Å². The highest BCUT2D eigenvalue weighted by Gasteiger charge is 2.16. The van der Waals surface area contributed by atoms with E-state index in [1.165, 1.54) is 30.2 Å². The van der Waals surface area contributed by atoms with E-state index in [9.17, 15) is 14.3 Å². The first-order valence-electron chi connectivity index (χ1n) is 6.94. The van der Waals surface area contributed by atoms with Gasteiger partial charge in [0.15, 0.2) is 0 Å². The number of nitrogens with one attached hydrogen (secondary N) is 1. The van der Waals surface area contributed by atoms with E-state index < -0.39 is 6.10 Å². The molecule has 0 saturated carbocycles. The van der Waals surface area contributed by atoms with Gasteiger partial charge >= 0.3 is 0 Å². The number of aliphatic hydroxyl groups excluding tert-OH is 1. The molecule has 0 fully saturated rings. The maximum atomic E-state index is 12.8. The number of amides is 1. The molecule has 2 unspecified atom stereocenters. The number of rotatable bonds is 7. The number of aliphatic hydroxyl groups is 1. The molecule has 1 heterocycles. The molecule has 2 N–H and O–H groups in total. The Hall–Kier alpha value is -1.79. The number of furan rings is 1. The Morgan fingerprint density at radius 3 is 2.73 bits per heavy atom. The van der Waals surface area contributed by atoms with E-state index >= 15 is 0 Å². The maximum absolute atomic E-state index is 12.8. The average Bonchev–Trinajstić information content (AvgIpc) is 3.06. The van der Waals surface area contributed by atoms with Crippen LogP contribution in [0.25, 0.3) is 0 Å². The molecule has 0 bridgehead atoms. The zero-order valence-corrected chi connectivity index (χ0v) is 13.0. The van der Waals surface area contributed by atoms with Gasteiger partial charge in [0.25, 0.3) is 0 Å². The molecule has 22 heavy (non-hydrogen) atoms. The molecule has 0 spiro atoms. The molecule has 1 aromatic carbocycles. The Kier molecular flexibility index (Phi) is 6.03. The maximum Gasteiger partial charge on any atom is 0.223 e. The van der Waals surface area contributed by atoms with Crippen LogP contribution in [0.15, 0.2) is 52.0 Å². The molecule has 2 atom stereocenters. The molecule has 4 nitrogen and oxygen atoms in total. The van der Waals surface area contributed by atoms with Crippen molar-refractivity contribution in [3.8, 4) is 0 Å². The van der Waals surface area contributed by atoms with Gasteiger partial charge in [0.05, 0.1) is 12.8 Å². The summed E-state index contributed by atoms with van der Waals surface area (Å²) in [4.78, 5) is 12.9. The minimum Gasteiger partial charge on any atom is -0.467 e. The Balaban J connectivity index is 1.73. The molecule has 0 aliphatic heterocycles. The van der Waals surface area contributed by atoms with Gasteiger partial charge in [-0.05, 0) is 36.4 Å². The normalized spacial score (nSPS) is 13.6. The zero-order chi connectivity index (χ0) is 15.9. The number of carbonyl (C=O) groups is 1. The van der Waals surface area contributed by atoms with Crippen LogP contribution in [0, 0.1) is 11.7 Å². The van der Waals surface area contributed by atoms with E-state index in [4.69, 9.17) is 4.42 Å². The summed E-state index contributed by atoms with van der Waals surface area (Å²) in [6.07, 6.45) is 0.624. The van der Waals surface area contributed by atoms with E-state index in [0.29, 0.717) is 11.5 Å². The lowest BCUT2D eigenvalue weighted by atomic mass is 10.2. The van der Waals surface area contributed by atoms with Gasteiger partial charge in [-0.1, -0.05) is 6.92 Å². The van der Waals surface area contributed by atoms with E-state index in [1.807, 2.05) is 6.92 Å². The largest absolute Gasteiger partial charge is 0.467 e. The van der Waals surface area contributed by atoms with Crippen LogP contribution in [0.4, 0.5) is 4.39 Å². The third-order valence-electron chi connectivity index (χ3n) is 3.10. The molecule has 0 radical (unpaired) electrons. The molecule has 0 aliphatic carbocycles. The fraction of sp³-hybridized carbons (Fsp3) is 0.312. The van der Waals surface area contributed by atoms with Crippen molar-refractivity contribution in [2.45, 2.75) is 17.9 Å². The monoisotopic (exact) mass is 323 g/mol. The topological polar surface area (TPSA) is 62.5 Å². The molecule has 1 amide bonds. The molecule has 0 saturated heterocycles. The van der Waals surface area contributed by atoms with Crippen LogP contribution in [0.3, 0.4) is 0 Å². The van der Waals surface area contributed by atoms with Crippen molar-refractivity contribution < 1.29 is 18.7 Å². The first kappa shape index (κ1) is 16.6. The third-order valence-corrected chi connectivity index (χ3v) is 4.37. The van der Waals surface area contributed by atoms with Crippen LogP contribution in [0.5, 0.6) is 0 Å². The van der Waals surface area contributed by atoms with Crippen LogP contribution in [-0.2, 0) is 4.79 Å². The van der Waals surface area contributed by atoms with Crippen LogP contribution in [-0.4, -0.2) is 23.3 Å². The van der Waals surface area contributed by atoms with Gasteiger partial charge in [-0.25, -0.2) is 4.39 Å². The lowest BCUT2D eigenvalue weighted by Crippen LogP contribution is -2.33. The lowest BCUT2D eigenvalue weighted by Gasteiger charge is -2.14. The SMILES string of the molecule is CC(CSc1ccc(F)cc1)C(=O)NCC(O)c1ccco1. The van der Waals surface area contributed by atoms with Crippen LogP contribution >= 0.6 is 11.8 Å². The fourth-order valence-corrected chi connectivity index (χ4v) is 2.70. The Bertz CT molecular complexity index is 586. The smallest absolute Gasteiger partial charge is 0.223 e. The summed E-state index contributed by atoms with van der Waals surface area (Å²) in [6, 6.07) is 9.50. The van der Waals surface area contributed by atoms with Gasteiger partial charge < -0.3 is 14.8 Å².